The molecule has 1 rings (SSSR count). The first-order valence-electron chi connectivity index (χ1n) is 16.0. The van der Waals surface area contributed by atoms with Gasteiger partial charge in [-0.05, 0) is 49.4 Å². The maximum Gasteiger partial charge on any atom is 0.317 e. The summed E-state index contributed by atoms with van der Waals surface area (Å²) in [7, 11) is 0. The summed E-state index contributed by atoms with van der Waals surface area (Å²) in [5.74, 6) is -4.30. The number of carboxylic acids is 4. The molecular formula is C32H56O8. The molecule has 0 aromatic rings. The van der Waals surface area contributed by atoms with Gasteiger partial charge < -0.3 is 20.4 Å². The number of carbonyl (C=O) groups is 4. The summed E-state index contributed by atoms with van der Waals surface area (Å²) in [5, 5.41) is 35.8. The minimum atomic E-state index is -1.27. The van der Waals surface area contributed by atoms with Gasteiger partial charge in [0.25, 0.3) is 0 Å². The van der Waals surface area contributed by atoms with Gasteiger partial charge >= 0.3 is 23.9 Å². The van der Waals surface area contributed by atoms with E-state index in [1.807, 2.05) is 0 Å². The number of hydrogen-bond donors (Lipinski definition) is 4. The highest BCUT2D eigenvalue weighted by Crippen LogP contribution is 2.43. The lowest BCUT2D eigenvalue weighted by molar-refractivity contribution is -0.156. The van der Waals surface area contributed by atoms with Crippen molar-refractivity contribution in [1.29, 1.82) is 0 Å². The summed E-state index contributed by atoms with van der Waals surface area (Å²) in [5.41, 5.74) is 0. The fourth-order valence-electron chi connectivity index (χ4n) is 6.73. The third-order valence-corrected chi connectivity index (χ3v) is 9.34. The van der Waals surface area contributed by atoms with Crippen molar-refractivity contribution in [3.63, 3.8) is 0 Å². The lowest BCUT2D eigenvalue weighted by Crippen LogP contribution is -2.32. The number of unbranched alkanes of at least 4 members (excludes halogenated alkanes) is 12. The Morgan fingerprint density at radius 1 is 0.475 bits per heavy atom. The molecule has 1 fully saturated rings. The Balaban J connectivity index is 2.18. The van der Waals surface area contributed by atoms with Crippen molar-refractivity contribution in [3.05, 3.63) is 0 Å². The fraction of sp³-hybridized carbons (Fsp3) is 0.875. The van der Waals surface area contributed by atoms with Gasteiger partial charge in [-0.2, -0.15) is 0 Å². The fourth-order valence-corrected chi connectivity index (χ4v) is 6.73. The molecule has 0 bridgehead atoms. The van der Waals surface area contributed by atoms with Crippen LogP contribution in [0.5, 0.6) is 0 Å². The van der Waals surface area contributed by atoms with E-state index in [0.29, 0.717) is 12.8 Å². The van der Waals surface area contributed by atoms with Crippen molar-refractivity contribution in [1.82, 2.24) is 0 Å². The smallest absolute Gasteiger partial charge is 0.317 e. The Bertz CT molecular complexity index is 661. The normalized spacial score (nSPS) is 21.1. The van der Waals surface area contributed by atoms with Crippen LogP contribution in [0.4, 0.5) is 0 Å². The van der Waals surface area contributed by atoms with Gasteiger partial charge in [0.2, 0.25) is 0 Å². The van der Waals surface area contributed by atoms with Gasteiger partial charge in [-0.15, -0.1) is 0 Å². The summed E-state index contributed by atoms with van der Waals surface area (Å²) in [6, 6.07) is 0. The van der Waals surface area contributed by atoms with Crippen LogP contribution in [0, 0.1) is 35.5 Å². The zero-order valence-electron chi connectivity index (χ0n) is 25.0. The third kappa shape index (κ3) is 14.5. The maximum atomic E-state index is 10.9. The highest BCUT2D eigenvalue weighted by atomic mass is 16.4. The molecule has 8 nitrogen and oxygen atoms in total. The van der Waals surface area contributed by atoms with Crippen molar-refractivity contribution in [2.45, 2.75) is 142 Å². The van der Waals surface area contributed by atoms with Gasteiger partial charge in [-0.25, -0.2) is 0 Å². The van der Waals surface area contributed by atoms with Crippen LogP contribution in [-0.2, 0) is 19.2 Å². The van der Waals surface area contributed by atoms with E-state index in [9.17, 15) is 19.2 Å². The Hall–Kier alpha value is -2.12. The molecule has 0 saturated heterocycles. The van der Waals surface area contributed by atoms with E-state index in [-0.39, 0.29) is 12.8 Å². The Morgan fingerprint density at radius 3 is 1.00 bits per heavy atom. The van der Waals surface area contributed by atoms with Crippen molar-refractivity contribution in [3.8, 4) is 0 Å². The first-order chi connectivity index (χ1) is 19.1. The zero-order valence-corrected chi connectivity index (χ0v) is 25.0. The Kier molecular flexibility index (Phi) is 18.6. The Morgan fingerprint density at radius 2 is 0.725 bits per heavy atom. The highest BCUT2D eigenvalue weighted by molar-refractivity contribution is 5.93. The lowest BCUT2D eigenvalue weighted by atomic mass is 9.64. The number of rotatable bonds is 24. The van der Waals surface area contributed by atoms with Crippen LogP contribution in [0.1, 0.15) is 142 Å². The van der Waals surface area contributed by atoms with Gasteiger partial charge in [0.05, 0.1) is 0 Å². The predicted molar refractivity (Wildman–Crippen MR) is 155 cm³/mol. The zero-order chi connectivity index (χ0) is 29.9. The van der Waals surface area contributed by atoms with Gasteiger partial charge in [0.1, 0.15) is 0 Å². The second kappa shape index (κ2) is 20.7. The molecule has 0 radical (unpaired) electrons. The van der Waals surface area contributed by atoms with Gasteiger partial charge in [0.15, 0.2) is 11.8 Å². The molecule has 4 unspecified atom stereocenters. The van der Waals surface area contributed by atoms with Crippen molar-refractivity contribution in [2.75, 3.05) is 0 Å². The van der Waals surface area contributed by atoms with Crippen LogP contribution in [-0.4, -0.2) is 44.3 Å². The quantitative estimate of drug-likeness (QED) is 0.0678. The molecular weight excluding hydrogens is 512 g/mol. The molecule has 4 atom stereocenters. The van der Waals surface area contributed by atoms with Crippen LogP contribution >= 0.6 is 0 Å². The SMILES string of the molecule is CC1CCC(C)C(CCCCCCCCCC(C(=O)O)C(=O)O)C1CCCCCCCCCC(C(=O)O)C(=O)O. The number of carboxylic acid groups (broad SMARTS) is 4. The van der Waals surface area contributed by atoms with E-state index in [0.717, 1.165) is 62.2 Å². The molecule has 0 amide bonds. The van der Waals surface area contributed by atoms with Crippen LogP contribution < -0.4 is 0 Å². The predicted octanol–water partition coefficient (Wildman–Crippen LogP) is 7.88. The molecule has 0 aromatic heterocycles. The number of hydrogen-bond acceptors (Lipinski definition) is 4. The first kappa shape index (κ1) is 35.9. The van der Waals surface area contributed by atoms with Crippen LogP contribution in [0.15, 0.2) is 0 Å². The molecule has 0 aliphatic heterocycles. The van der Waals surface area contributed by atoms with E-state index < -0.39 is 35.7 Å². The largest absolute Gasteiger partial charge is 0.481 e. The standard InChI is InChI=1S/C32H56O8/c1-23-21-22-24(2)26(18-14-10-6-4-8-12-16-20-28(31(37)38)32(39)40)25(23)17-13-9-5-3-7-11-15-19-27(29(33)34)30(35)36/h23-28H,3-22H2,1-2H3,(H,33,34)(H,35,36)(H,37,38)(H,39,40). The van der Waals surface area contributed by atoms with E-state index >= 15 is 0 Å². The molecule has 4 N–H and O–H groups in total. The summed E-state index contributed by atoms with van der Waals surface area (Å²) >= 11 is 0. The van der Waals surface area contributed by atoms with Gasteiger partial charge in [-0.3, -0.25) is 19.2 Å². The van der Waals surface area contributed by atoms with Crippen LogP contribution in [0.25, 0.3) is 0 Å². The Labute approximate surface area is 241 Å². The van der Waals surface area contributed by atoms with E-state index in [4.69, 9.17) is 20.4 Å². The van der Waals surface area contributed by atoms with E-state index in [2.05, 4.69) is 13.8 Å². The molecule has 1 saturated carbocycles. The summed E-state index contributed by atoms with van der Waals surface area (Å²) in [4.78, 5) is 43.8. The monoisotopic (exact) mass is 568 g/mol. The molecule has 232 valence electrons. The molecule has 0 heterocycles. The van der Waals surface area contributed by atoms with E-state index in [1.54, 1.807) is 0 Å². The molecule has 0 spiro atoms. The second-order valence-electron chi connectivity index (χ2n) is 12.4. The first-order valence-corrected chi connectivity index (χ1v) is 16.0. The summed E-state index contributed by atoms with van der Waals surface area (Å²) in [6.45, 7) is 4.87. The molecule has 0 aromatic carbocycles. The number of aliphatic carboxylic acids is 4. The maximum absolute atomic E-state index is 10.9. The average molecular weight is 569 g/mol. The topological polar surface area (TPSA) is 149 Å². The molecule has 40 heavy (non-hydrogen) atoms. The summed E-state index contributed by atoms with van der Waals surface area (Å²) < 4.78 is 0. The summed E-state index contributed by atoms with van der Waals surface area (Å²) in [6.07, 6.45) is 20.5. The lowest BCUT2D eigenvalue weighted by Gasteiger charge is -2.41. The van der Waals surface area contributed by atoms with Crippen molar-refractivity contribution >= 4 is 23.9 Å². The minimum Gasteiger partial charge on any atom is -0.481 e. The van der Waals surface area contributed by atoms with Crippen LogP contribution in [0.2, 0.25) is 0 Å². The van der Waals surface area contributed by atoms with E-state index in [1.165, 1.54) is 64.2 Å². The average Bonchev–Trinajstić information content (AvgIpc) is 2.88. The second-order valence-corrected chi connectivity index (χ2v) is 12.4. The molecule has 1 aliphatic carbocycles. The van der Waals surface area contributed by atoms with Gasteiger partial charge in [0, 0.05) is 0 Å². The minimum absolute atomic E-state index is 0.216. The highest BCUT2D eigenvalue weighted by Gasteiger charge is 2.34. The van der Waals surface area contributed by atoms with Gasteiger partial charge in [-0.1, -0.05) is 117 Å². The van der Waals surface area contributed by atoms with Crippen LogP contribution in [0.3, 0.4) is 0 Å². The van der Waals surface area contributed by atoms with Crippen molar-refractivity contribution < 1.29 is 39.6 Å². The molecule has 1 aliphatic rings. The molecule has 8 heteroatoms. The van der Waals surface area contributed by atoms with Crippen molar-refractivity contribution in [2.24, 2.45) is 35.5 Å². The third-order valence-electron chi connectivity index (χ3n) is 9.34.